The van der Waals surface area contributed by atoms with E-state index in [1.165, 1.54) is 0 Å². The Labute approximate surface area is 140 Å². The van der Waals surface area contributed by atoms with Crippen molar-refractivity contribution in [2.75, 3.05) is 5.32 Å². The second-order valence-corrected chi connectivity index (χ2v) is 5.98. The van der Waals surface area contributed by atoms with Gasteiger partial charge in [0, 0.05) is 5.56 Å². The molecule has 5 heteroatoms. The van der Waals surface area contributed by atoms with Crippen molar-refractivity contribution in [2.24, 2.45) is 0 Å². The lowest BCUT2D eigenvalue weighted by atomic mass is 10.0. The molecule has 0 aliphatic heterocycles. The molecule has 0 fully saturated rings. The highest BCUT2D eigenvalue weighted by atomic mass is 35.5. The number of carbonyl (C=O) groups excluding carboxylic acids is 1. The molecule has 0 atom stereocenters. The first-order valence-electron chi connectivity index (χ1n) is 6.94. The van der Waals surface area contributed by atoms with E-state index in [0.29, 0.717) is 22.2 Å². The maximum Gasteiger partial charge on any atom is 0.257 e. The van der Waals surface area contributed by atoms with E-state index in [2.05, 4.69) is 24.5 Å². The van der Waals surface area contributed by atoms with Crippen molar-refractivity contribution < 1.29 is 4.79 Å². The molecule has 114 valence electrons. The van der Waals surface area contributed by atoms with Crippen molar-refractivity contribution in [2.45, 2.75) is 19.8 Å². The van der Waals surface area contributed by atoms with Crippen molar-refractivity contribution in [3.63, 3.8) is 0 Å². The summed E-state index contributed by atoms with van der Waals surface area (Å²) in [6.07, 6.45) is 0. The van der Waals surface area contributed by atoms with Crippen LogP contribution in [0.5, 0.6) is 0 Å². The molecule has 0 aliphatic carbocycles. The Bertz CT molecular complexity index is 686. The van der Waals surface area contributed by atoms with Gasteiger partial charge in [0.2, 0.25) is 0 Å². The van der Waals surface area contributed by atoms with Gasteiger partial charge >= 0.3 is 0 Å². The highest BCUT2D eigenvalue weighted by molar-refractivity contribution is 7.80. The van der Waals surface area contributed by atoms with Crippen molar-refractivity contribution in [1.82, 2.24) is 5.32 Å². The van der Waals surface area contributed by atoms with Crippen molar-refractivity contribution in [3.8, 4) is 0 Å². The molecular formula is C17H17ClN2OS. The number of nitrogens with one attached hydrogen (secondary N) is 2. The fourth-order valence-electron chi connectivity index (χ4n) is 1.91. The number of amides is 1. The number of halogens is 1. The summed E-state index contributed by atoms with van der Waals surface area (Å²) in [5.41, 5.74) is 2.37. The maximum atomic E-state index is 12.0. The Morgan fingerprint density at radius 3 is 2.41 bits per heavy atom. The number of carbonyl (C=O) groups is 1. The van der Waals surface area contributed by atoms with Gasteiger partial charge in [0.15, 0.2) is 5.11 Å². The van der Waals surface area contributed by atoms with Gasteiger partial charge in [-0.25, -0.2) is 0 Å². The zero-order chi connectivity index (χ0) is 16.1. The Morgan fingerprint density at radius 1 is 1.14 bits per heavy atom. The highest BCUT2D eigenvalue weighted by Crippen LogP contribution is 2.26. The van der Waals surface area contributed by atoms with E-state index in [0.717, 1.165) is 5.56 Å². The van der Waals surface area contributed by atoms with E-state index in [-0.39, 0.29) is 11.0 Å². The summed E-state index contributed by atoms with van der Waals surface area (Å²) in [6, 6.07) is 14.6. The average Bonchev–Trinajstić information content (AvgIpc) is 2.50. The summed E-state index contributed by atoms with van der Waals surface area (Å²) >= 11 is 11.4. The predicted molar refractivity (Wildman–Crippen MR) is 95.7 cm³/mol. The van der Waals surface area contributed by atoms with Crippen molar-refractivity contribution in [1.29, 1.82) is 0 Å². The molecule has 0 saturated heterocycles. The Hall–Kier alpha value is -1.91. The van der Waals surface area contributed by atoms with Gasteiger partial charge in [0.25, 0.3) is 5.91 Å². The standard InChI is InChI=1S/C17H17ClN2OS/c1-11(2)13-8-9-15(14(18)10-13)19-17(22)20-16(21)12-6-4-3-5-7-12/h3-11H,1-2H3,(H2,19,20,21,22). The van der Waals surface area contributed by atoms with Gasteiger partial charge in [-0.3, -0.25) is 10.1 Å². The fraction of sp³-hybridized carbons (Fsp3) is 0.176. The second kappa shape index (κ2) is 7.38. The molecule has 2 rings (SSSR count). The monoisotopic (exact) mass is 332 g/mol. The average molecular weight is 333 g/mol. The summed E-state index contributed by atoms with van der Waals surface area (Å²) in [5, 5.41) is 6.36. The molecule has 0 unspecified atom stereocenters. The third-order valence-electron chi connectivity index (χ3n) is 3.17. The normalized spacial score (nSPS) is 10.4. The minimum atomic E-state index is -0.256. The highest BCUT2D eigenvalue weighted by Gasteiger charge is 2.09. The number of thiocarbonyl (C=S) groups is 1. The Balaban J connectivity index is 2.02. The lowest BCUT2D eigenvalue weighted by Gasteiger charge is -2.13. The summed E-state index contributed by atoms with van der Waals surface area (Å²) in [5.74, 6) is 0.143. The Kier molecular flexibility index (Phi) is 5.52. The van der Waals surface area contributed by atoms with Gasteiger partial charge in [-0.2, -0.15) is 0 Å². The number of anilines is 1. The van der Waals surface area contributed by atoms with Gasteiger partial charge < -0.3 is 5.32 Å². The van der Waals surface area contributed by atoms with Gasteiger partial charge in [-0.05, 0) is 48.0 Å². The number of benzene rings is 2. The molecule has 2 aromatic rings. The number of hydrogen-bond acceptors (Lipinski definition) is 2. The van der Waals surface area contributed by atoms with Crippen LogP contribution in [0.3, 0.4) is 0 Å². The smallest absolute Gasteiger partial charge is 0.257 e. The van der Waals surface area contributed by atoms with E-state index in [9.17, 15) is 4.79 Å². The molecule has 0 radical (unpaired) electrons. The number of hydrogen-bond donors (Lipinski definition) is 2. The molecule has 2 aromatic carbocycles. The molecule has 1 amide bonds. The zero-order valence-electron chi connectivity index (χ0n) is 12.4. The van der Waals surface area contributed by atoms with Crippen LogP contribution >= 0.6 is 23.8 Å². The quantitative estimate of drug-likeness (QED) is 0.808. The van der Waals surface area contributed by atoms with Crippen LogP contribution in [-0.4, -0.2) is 11.0 Å². The summed E-state index contributed by atoms with van der Waals surface area (Å²) in [7, 11) is 0. The third-order valence-corrected chi connectivity index (χ3v) is 3.69. The topological polar surface area (TPSA) is 41.1 Å². The maximum absolute atomic E-state index is 12.0. The van der Waals surface area contributed by atoms with Crippen LogP contribution in [0, 0.1) is 0 Å². The van der Waals surface area contributed by atoms with Crippen LogP contribution in [0.2, 0.25) is 5.02 Å². The first-order chi connectivity index (χ1) is 10.5. The lowest BCUT2D eigenvalue weighted by molar-refractivity contribution is 0.0977. The van der Waals surface area contributed by atoms with Crippen LogP contribution < -0.4 is 10.6 Å². The SMILES string of the molecule is CC(C)c1ccc(NC(=S)NC(=O)c2ccccc2)c(Cl)c1. The van der Waals surface area contributed by atoms with Crippen molar-refractivity contribution >= 4 is 40.5 Å². The first-order valence-corrected chi connectivity index (χ1v) is 7.73. The molecular weight excluding hydrogens is 316 g/mol. The molecule has 0 aliphatic rings. The molecule has 2 N–H and O–H groups in total. The van der Waals surface area contributed by atoms with E-state index < -0.39 is 0 Å². The van der Waals surface area contributed by atoms with Gasteiger partial charge in [0.05, 0.1) is 10.7 Å². The first kappa shape index (κ1) is 16.5. The van der Waals surface area contributed by atoms with Crippen LogP contribution in [0.15, 0.2) is 48.5 Å². The largest absolute Gasteiger partial charge is 0.331 e. The minimum Gasteiger partial charge on any atom is -0.331 e. The molecule has 22 heavy (non-hydrogen) atoms. The lowest BCUT2D eigenvalue weighted by Crippen LogP contribution is -2.34. The summed E-state index contributed by atoms with van der Waals surface area (Å²) in [4.78, 5) is 12.0. The molecule has 0 heterocycles. The molecule has 0 aromatic heterocycles. The van der Waals surface area contributed by atoms with E-state index in [4.69, 9.17) is 23.8 Å². The van der Waals surface area contributed by atoms with Gasteiger partial charge in [-0.1, -0.05) is 49.7 Å². The number of rotatable bonds is 3. The van der Waals surface area contributed by atoms with E-state index >= 15 is 0 Å². The Morgan fingerprint density at radius 2 is 1.82 bits per heavy atom. The second-order valence-electron chi connectivity index (χ2n) is 5.17. The fourth-order valence-corrected chi connectivity index (χ4v) is 2.35. The molecule has 0 bridgehead atoms. The van der Waals surface area contributed by atoms with Crippen LogP contribution in [0.4, 0.5) is 5.69 Å². The van der Waals surface area contributed by atoms with E-state index in [1.54, 1.807) is 24.3 Å². The summed E-state index contributed by atoms with van der Waals surface area (Å²) < 4.78 is 0. The van der Waals surface area contributed by atoms with Crippen LogP contribution in [-0.2, 0) is 0 Å². The molecule has 3 nitrogen and oxygen atoms in total. The molecule has 0 spiro atoms. The van der Waals surface area contributed by atoms with Gasteiger partial charge in [0.1, 0.15) is 0 Å². The van der Waals surface area contributed by atoms with Crippen molar-refractivity contribution in [3.05, 3.63) is 64.7 Å². The van der Waals surface area contributed by atoms with E-state index in [1.807, 2.05) is 24.3 Å². The minimum absolute atomic E-state index is 0.216. The van der Waals surface area contributed by atoms with Crippen LogP contribution in [0.1, 0.15) is 35.7 Å². The summed E-state index contributed by atoms with van der Waals surface area (Å²) in [6.45, 7) is 4.20. The third kappa shape index (κ3) is 4.29. The van der Waals surface area contributed by atoms with Crippen LogP contribution in [0.25, 0.3) is 0 Å². The zero-order valence-corrected chi connectivity index (χ0v) is 14.0. The van der Waals surface area contributed by atoms with Gasteiger partial charge in [-0.15, -0.1) is 0 Å². The predicted octanol–water partition coefficient (Wildman–Crippen LogP) is 4.59. The molecule has 0 saturated carbocycles.